The molecule has 0 N–H and O–H groups in total. The van der Waals surface area contributed by atoms with Gasteiger partial charge in [-0.15, -0.1) is 5.10 Å². The minimum atomic E-state index is -0.104. The monoisotopic (exact) mass is 444 g/mol. The Morgan fingerprint density at radius 2 is 1.88 bits per heavy atom. The first-order valence-corrected chi connectivity index (χ1v) is 10.4. The molecule has 1 amide bonds. The second-order valence-corrected chi connectivity index (χ2v) is 7.24. The highest BCUT2D eigenvalue weighted by Gasteiger charge is 2.19. The van der Waals surface area contributed by atoms with Crippen LogP contribution in [-0.4, -0.2) is 56.8 Å². The molecule has 0 bridgehead atoms. The highest BCUT2D eigenvalue weighted by molar-refractivity contribution is 5.96. The van der Waals surface area contributed by atoms with Crippen molar-refractivity contribution in [2.45, 2.75) is 13.5 Å². The lowest BCUT2D eigenvalue weighted by Gasteiger charge is -2.22. The number of ether oxygens (including phenoxy) is 2. The van der Waals surface area contributed by atoms with E-state index in [1.165, 1.54) is 11.0 Å². The third-order valence-electron chi connectivity index (χ3n) is 5.28. The Morgan fingerprint density at radius 3 is 2.55 bits per heavy atom. The number of carbonyl (C=O) groups is 1. The lowest BCUT2D eigenvalue weighted by Crippen LogP contribution is -2.30. The molecule has 0 aliphatic carbocycles. The third-order valence-corrected chi connectivity index (χ3v) is 5.28. The molecule has 0 radical (unpaired) electrons. The lowest BCUT2D eigenvalue weighted by molar-refractivity contribution is 0.0752. The van der Waals surface area contributed by atoms with Gasteiger partial charge in [-0.2, -0.15) is 0 Å². The quantitative estimate of drug-likeness (QED) is 0.411. The van der Waals surface area contributed by atoms with Gasteiger partial charge in [-0.05, 0) is 64.9 Å². The predicted molar refractivity (Wildman–Crippen MR) is 122 cm³/mol. The van der Waals surface area contributed by atoms with Crippen molar-refractivity contribution >= 4 is 5.91 Å². The number of hydrogen-bond acceptors (Lipinski definition) is 7. The van der Waals surface area contributed by atoms with E-state index in [9.17, 15) is 4.79 Å². The molecule has 0 atom stereocenters. The summed E-state index contributed by atoms with van der Waals surface area (Å²) in [6.07, 6.45) is 4.93. The molecule has 0 aliphatic rings. The molecule has 33 heavy (non-hydrogen) atoms. The van der Waals surface area contributed by atoms with E-state index in [1.807, 2.05) is 49.4 Å². The van der Waals surface area contributed by atoms with Crippen LogP contribution in [0.2, 0.25) is 0 Å². The first kappa shape index (κ1) is 21.9. The van der Waals surface area contributed by atoms with Crippen molar-refractivity contribution in [3.63, 3.8) is 0 Å². The van der Waals surface area contributed by atoms with E-state index >= 15 is 0 Å². The molecule has 9 nitrogen and oxygen atoms in total. The van der Waals surface area contributed by atoms with Gasteiger partial charge < -0.3 is 14.4 Å². The van der Waals surface area contributed by atoms with Crippen molar-refractivity contribution in [1.82, 2.24) is 30.1 Å². The van der Waals surface area contributed by atoms with Crippen LogP contribution in [0.1, 0.15) is 22.8 Å². The summed E-state index contributed by atoms with van der Waals surface area (Å²) in [6, 6.07) is 15.0. The van der Waals surface area contributed by atoms with E-state index in [4.69, 9.17) is 9.47 Å². The summed E-state index contributed by atoms with van der Waals surface area (Å²) in [7, 11) is 3.18. The molecule has 0 saturated heterocycles. The SMILES string of the molecule is CCN(Cc1ccncc1)C(=O)c1cc(-c2cccc(OC)c2OC)cc(-n2cnnn2)c1. The molecule has 0 spiro atoms. The fraction of sp³-hybridized carbons (Fsp3) is 0.208. The van der Waals surface area contributed by atoms with Crippen molar-refractivity contribution in [3.8, 4) is 28.3 Å². The van der Waals surface area contributed by atoms with Crippen LogP contribution in [0.15, 0.2) is 67.3 Å². The van der Waals surface area contributed by atoms with Gasteiger partial charge >= 0.3 is 0 Å². The Hall–Kier alpha value is -4.27. The predicted octanol–water partition coefficient (Wildman–Crippen LogP) is 3.40. The number of tetrazole rings is 1. The van der Waals surface area contributed by atoms with Crippen molar-refractivity contribution in [1.29, 1.82) is 0 Å². The maximum Gasteiger partial charge on any atom is 0.254 e. The van der Waals surface area contributed by atoms with Gasteiger partial charge in [0.1, 0.15) is 6.33 Å². The number of carbonyl (C=O) groups excluding carboxylic acids is 1. The molecule has 2 aromatic carbocycles. The molecule has 0 unspecified atom stereocenters. The molecule has 0 saturated carbocycles. The van der Waals surface area contributed by atoms with Crippen molar-refractivity contribution in [2.24, 2.45) is 0 Å². The molecule has 9 heteroatoms. The summed E-state index contributed by atoms with van der Waals surface area (Å²) < 4.78 is 12.6. The van der Waals surface area contributed by atoms with Gasteiger partial charge in [0.2, 0.25) is 0 Å². The van der Waals surface area contributed by atoms with Crippen molar-refractivity contribution in [2.75, 3.05) is 20.8 Å². The minimum absolute atomic E-state index is 0.104. The van der Waals surface area contributed by atoms with Gasteiger partial charge in [-0.25, -0.2) is 4.68 Å². The van der Waals surface area contributed by atoms with Crippen LogP contribution in [-0.2, 0) is 6.54 Å². The number of rotatable bonds is 8. The fourth-order valence-corrected chi connectivity index (χ4v) is 3.63. The Balaban J connectivity index is 1.80. The van der Waals surface area contributed by atoms with E-state index in [-0.39, 0.29) is 5.91 Å². The molecule has 2 heterocycles. The fourth-order valence-electron chi connectivity index (χ4n) is 3.63. The Labute approximate surface area is 191 Å². The average Bonchev–Trinajstić information content (AvgIpc) is 3.42. The third kappa shape index (κ3) is 4.67. The Morgan fingerprint density at radius 1 is 1.06 bits per heavy atom. The molecule has 4 rings (SSSR count). The number of hydrogen-bond donors (Lipinski definition) is 0. The van der Waals surface area contributed by atoms with Crippen LogP contribution in [0.25, 0.3) is 16.8 Å². The molecule has 0 fully saturated rings. The van der Waals surface area contributed by atoms with Gasteiger partial charge in [0.15, 0.2) is 11.5 Å². The molecular weight excluding hydrogens is 420 g/mol. The van der Waals surface area contributed by atoms with E-state index in [1.54, 1.807) is 37.6 Å². The summed E-state index contributed by atoms with van der Waals surface area (Å²) in [4.78, 5) is 19.4. The van der Waals surface area contributed by atoms with Gasteiger partial charge in [-0.3, -0.25) is 9.78 Å². The summed E-state index contributed by atoms with van der Waals surface area (Å²) in [5.41, 5.74) is 3.75. The van der Waals surface area contributed by atoms with Crippen molar-refractivity contribution in [3.05, 3.63) is 78.4 Å². The summed E-state index contributed by atoms with van der Waals surface area (Å²) in [5, 5.41) is 11.5. The van der Waals surface area contributed by atoms with Gasteiger partial charge in [0.05, 0.1) is 19.9 Å². The van der Waals surface area contributed by atoms with Crippen LogP contribution in [0.4, 0.5) is 0 Å². The first-order valence-electron chi connectivity index (χ1n) is 10.4. The molecule has 2 aromatic heterocycles. The van der Waals surface area contributed by atoms with Crippen LogP contribution in [0.3, 0.4) is 0 Å². The average molecular weight is 444 g/mol. The summed E-state index contributed by atoms with van der Waals surface area (Å²) in [6.45, 7) is 2.98. The number of nitrogens with zero attached hydrogens (tertiary/aromatic N) is 6. The number of benzene rings is 2. The smallest absolute Gasteiger partial charge is 0.254 e. The Kier molecular flexibility index (Phi) is 6.58. The molecule has 0 aliphatic heterocycles. The molecule has 168 valence electrons. The minimum Gasteiger partial charge on any atom is -0.493 e. The number of methoxy groups -OCH3 is 2. The van der Waals surface area contributed by atoms with E-state index in [0.29, 0.717) is 35.8 Å². The second kappa shape index (κ2) is 9.90. The Bertz CT molecular complexity index is 1230. The van der Waals surface area contributed by atoms with Crippen LogP contribution in [0, 0.1) is 0 Å². The van der Waals surface area contributed by atoms with E-state index in [2.05, 4.69) is 20.5 Å². The van der Waals surface area contributed by atoms with Crippen LogP contribution < -0.4 is 9.47 Å². The van der Waals surface area contributed by atoms with Crippen LogP contribution in [0.5, 0.6) is 11.5 Å². The number of amides is 1. The topological polar surface area (TPSA) is 95.3 Å². The highest BCUT2D eigenvalue weighted by Crippen LogP contribution is 2.38. The molecule has 4 aromatic rings. The van der Waals surface area contributed by atoms with Crippen molar-refractivity contribution < 1.29 is 14.3 Å². The van der Waals surface area contributed by atoms with E-state index in [0.717, 1.165) is 16.7 Å². The van der Waals surface area contributed by atoms with Gasteiger partial charge in [0, 0.05) is 36.6 Å². The normalized spacial score (nSPS) is 10.6. The zero-order valence-corrected chi connectivity index (χ0v) is 18.7. The zero-order chi connectivity index (χ0) is 23.2. The maximum atomic E-state index is 13.6. The maximum absolute atomic E-state index is 13.6. The highest BCUT2D eigenvalue weighted by atomic mass is 16.5. The second-order valence-electron chi connectivity index (χ2n) is 7.24. The van der Waals surface area contributed by atoms with Gasteiger partial charge in [0.25, 0.3) is 5.91 Å². The number of pyridine rings is 1. The largest absolute Gasteiger partial charge is 0.493 e. The first-order chi connectivity index (χ1) is 16.1. The lowest BCUT2D eigenvalue weighted by atomic mass is 9.99. The van der Waals surface area contributed by atoms with Gasteiger partial charge in [-0.1, -0.05) is 12.1 Å². The summed E-state index contributed by atoms with van der Waals surface area (Å²) >= 11 is 0. The molecular formula is C24H24N6O3. The standard InChI is InChI=1S/C24H24N6O3/c1-4-29(15-17-8-10-25-11-9-17)24(31)19-12-18(13-20(14-19)30-16-26-27-28-30)21-6-5-7-22(32-2)23(21)33-3/h5-14,16H,4,15H2,1-3H3. The van der Waals surface area contributed by atoms with E-state index < -0.39 is 0 Å². The number of para-hydroxylation sites is 1. The number of aromatic nitrogens is 5. The summed E-state index contributed by atoms with van der Waals surface area (Å²) in [5.74, 6) is 1.08. The zero-order valence-electron chi connectivity index (χ0n) is 18.7. The van der Waals surface area contributed by atoms with Crippen LogP contribution >= 0.6 is 0 Å².